The summed E-state index contributed by atoms with van der Waals surface area (Å²) in [5.41, 5.74) is 0.416. The molecule has 7 atom stereocenters. The first-order valence-corrected chi connectivity index (χ1v) is 11.5. The van der Waals surface area contributed by atoms with Gasteiger partial charge < -0.3 is 9.47 Å². The van der Waals surface area contributed by atoms with Crippen molar-refractivity contribution in [3.05, 3.63) is 11.6 Å². The first kappa shape index (κ1) is 21.6. The number of hydrogen-bond acceptors (Lipinski definition) is 5. The first-order valence-electron chi connectivity index (χ1n) is 11.5. The van der Waals surface area contributed by atoms with E-state index in [1.165, 1.54) is 13.8 Å². The number of Topliss-reactive ketones (excluding diaryl/α,β-unsaturated/α-hetero) is 1. The van der Waals surface area contributed by atoms with E-state index < -0.39 is 11.5 Å². The van der Waals surface area contributed by atoms with Gasteiger partial charge in [0.2, 0.25) is 0 Å². The lowest BCUT2D eigenvalue weighted by molar-refractivity contribution is -0.235. The van der Waals surface area contributed by atoms with E-state index in [4.69, 9.17) is 9.47 Å². The summed E-state index contributed by atoms with van der Waals surface area (Å²) in [6, 6.07) is 0. The summed E-state index contributed by atoms with van der Waals surface area (Å²) in [5, 5.41) is 0. The number of esters is 2. The summed E-state index contributed by atoms with van der Waals surface area (Å²) < 4.78 is 11.9. The van der Waals surface area contributed by atoms with E-state index in [0.29, 0.717) is 12.3 Å². The zero-order valence-corrected chi connectivity index (χ0v) is 19.2. The highest BCUT2D eigenvalue weighted by molar-refractivity contribution is 5.98. The number of ketones is 1. The van der Waals surface area contributed by atoms with Crippen molar-refractivity contribution in [2.24, 2.45) is 34.0 Å². The summed E-state index contributed by atoms with van der Waals surface area (Å²) in [6.45, 7) is 12.1. The molecule has 0 amide bonds. The summed E-state index contributed by atoms with van der Waals surface area (Å²) in [4.78, 5) is 37.0. The number of hydrogen-bond donors (Lipinski definition) is 0. The second-order valence-corrected chi connectivity index (χ2v) is 11.3. The van der Waals surface area contributed by atoms with Crippen molar-refractivity contribution >= 4 is 17.7 Å². The van der Waals surface area contributed by atoms with E-state index in [0.717, 1.165) is 37.7 Å². The van der Waals surface area contributed by atoms with Crippen molar-refractivity contribution in [1.29, 1.82) is 0 Å². The van der Waals surface area contributed by atoms with Crippen molar-refractivity contribution in [2.75, 3.05) is 0 Å². The molecule has 0 aromatic rings. The SMILES string of the molecule is CC(=O)O[C@H]1C=C2C(=O)CC[C@H]2[C@@]2(C)C1[C@@]1(C)CCCC(C)(C)C1C[C@@H]2OC(C)=O. The lowest BCUT2D eigenvalue weighted by Gasteiger charge is -2.67. The molecule has 0 spiro atoms. The average Bonchev–Trinajstić information content (AvgIpc) is 2.97. The van der Waals surface area contributed by atoms with E-state index in [9.17, 15) is 14.4 Å². The molecule has 0 bridgehead atoms. The molecule has 166 valence electrons. The highest BCUT2D eigenvalue weighted by Crippen LogP contribution is 2.70. The van der Waals surface area contributed by atoms with Crippen molar-refractivity contribution < 1.29 is 23.9 Å². The minimum atomic E-state index is -0.458. The monoisotopic (exact) mass is 416 g/mol. The van der Waals surface area contributed by atoms with E-state index in [1.54, 1.807) is 0 Å². The maximum atomic E-state index is 12.7. The second kappa shape index (κ2) is 6.93. The quantitative estimate of drug-likeness (QED) is 0.614. The van der Waals surface area contributed by atoms with Gasteiger partial charge in [-0.1, -0.05) is 34.1 Å². The number of rotatable bonds is 2. The smallest absolute Gasteiger partial charge is 0.303 e. The van der Waals surface area contributed by atoms with E-state index in [-0.39, 0.29) is 46.5 Å². The van der Waals surface area contributed by atoms with Crippen molar-refractivity contribution in [3.63, 3.8) is 0 Å². The molecule has 0 N–H and O–H groups in total. The molecule has 0 saturated heterocycles. The molecule has 0 heterocycles. The molecule has 5 nitrogen and oxygen atoms in total. The molecule has 0 aromatic heterocycles. The molecule has 3 saturated carbocycles. The number of fused-ring (bicyclic) bond motifs is 5. The Labute approximate surface area is 179 Å². The molecular weight excluding hydrogens is 380 g/mol. The van der Waals surface area contributed by atoms with Gasteiger partial charge in [0.25, 0.3) is 0 Å². The molecule has 0 aromatic carbocycles. The van der Waals surface area contributed by atoms with Crippen LogP contribution in [0.2, 0.25) is 0 Å². The van der Waals surface area contributed by atoms with Gasteiger partial charge in [-0.25, -0.2) is 0 Å². The van der Waals surface area contributed by atoms with Crippen LogP contribution in [0.5, 0.6) is 0 Å². The van der Waals surface area contributed by atoms with Crippen LogP contribution < -0.4 is 0 Å². The largest absolute Gasteiger partial charge is 0.462 e. The highest BCUT2D eigenvalue weighted by atomic mass is 16.6. The molecule has 4 rings (SSSR count). The molecule has 2 unspecified atom stereocenters. The van der Waals surface area contributed by atoms with Crippen LogP contribution in [0, 0.1) is 34.0 Å². The Kier molecular flexibility index (Phi) is 4.98. The van der Waals surface area contributed by atoms with E-state index in [2.05, 4.69) is 27.7 Å². The van der Waals surface area contributed by atoms with Crippen LogP contribution in [-0.2, 0) is 23.9 Å². The fourth-order valence-electron chi connectivity index (χ4n) is 8.24. The van der Waals surface area contributed by atoms with E-state index >= 15 is 0 Å². The van der Waals surface area contributed by atoms with Crippen LogP contribution >= 0.6 is 0 Å². The predicted molar refractivity (Wildman–Crippen MR) is 112 cm³/mol. The van der Waals surface area contributed by atoms with Crippen LogP contribution in [0.3, 0.4) is 0 Å². The van der Waals surface area contributed by atoms with Gasteiger partial charge in [-0.2, -0.15) is 0 Å². The molecule has 4 aliphatic carbocycles. The Bertz CT molecular complexity index is 810. The third-order valence-electron chi connectivity index (χ3n) is 9.19. The Morgan fingerprint density at radius 1 is 1.03 bits per heavy atom. The maximum Gasteiger partial charge on any atom is 0.303 e. The van der Waals surface area contributed by atoms with Crippen LogP contribution in [-0.4, -0.2) is 29.9 Å². The topological polar surface area (TPSA) is 69.7 Å². The third kappa shape index (κ3) is 2.98. The van der Waals surface area contributed by atoms with Crippen LogP contribution in [0.25, 0.3) is 0 Å². The van der Waals surface area contributed by atoms with Gasteiger partial charge in [-0.05, 0) is 60.0 Å². The van der Waals surface area contributed by atoms with Crippen LogP contribution in [0.15, 0.2) is 11.6 Å². The van der Waals surface area contributed by atoms with Gasteiger partial charge in [0.1, 0.15) is 12.2 Å². The zero-order chi connectivity index (χ0) is 22.1. The summed E-state index contributed by atoms with van der Waals surface area (Å²) in [5.74, 6) is -0.0410. The number of carbonyl (C=O) groups is 3. The van der Waals surface area contributed by atoms with Gasteiger partial charge in [0.05, 0.1) is 0 Å². The molecule has 0 radical (unpaired) electrons. The van der Waals surface area contributed by atoms with Crippen molar-refractivity contribution in [1.82, 2.24) is 0 Å². The minimum absolute atomic E-state index is 0.0104. The predicted octanol–water partition coefficient (Wildman–Crippen LogP) is 4.63. The summed E-state index contributed by atoms with van der Waals surface area (Å²) >= 11 is 0. The summed E-state index contributed by atoms with van der Waals surface area (Å²) in [6.07, 6.45) is 6.66. The molecule has 3 fully saturated rings. The van der Waals surface area contributed by atoms with Gasteiger partial charge in [0.15, 0.2) is 5.78 Å². The normalized spacial score (nSPS) is 44.3. The van der Waals surface area contributed by atoms with Crippen molar-refractivity contribution in [3.8, 4) is 0 Å². The highest BCUT2D eigenvalue weighted by Gasteiger charge is 2.69. The molecule has 0 aliphatic heterocycles. The fraction of sp³-hybridized carbons (Fsp3) is 0.800. The average molecular weight is 417 g/mol. The standard InChI is InChI=1S/C25H36O5/c1-14(26)29-19-12-16-17(8-9-18(16)28)25(6)21(30-15(2)27)13-20-23(3,4)10-7-11-24(20,5)22(19)25/h12,17,19-22H,7-11,13H2,1-6H3/t17-,19+,20?,21+,22?,24+,25-/m1/s1. The summed E-state index contributed by atoms with van der Waals surface area (Å²) in [7, 11) is 0. The lowest BCUT2D eigenvalue weighted by Crippen LogP contribution is -2.67. The number of allylic oxidation sites excluding steroid dienone is 1. The Balaban J connectivity index is 1.92. The fourth-order valence-corrected chi connectivity index (χ4v) is 8.24. The van der Waals surface area contributed by atoms with Crippen LogP contribution in [0.4, 0.5) is 0 Å². The first-order chi connectivity index (χ1) is 13.9. The molecule has 5 heteroatoms. The Morgan fingerprint density at radius 2 is 1.70 bits per heavy atom. The Morgan fingerprint density at radius 3 is 2.33 bits per heavy atom. The maximum absolute atomic E-state index is 12.7. The van der Waals surface area contributed by atoms with Crippen molar-refractivity contribution in [2.45, 2.75) is 92.3 Å². The van der Waals surface area contributed by atoms with Gasteiger partial charge in [-0.15, -0.1) is 0 Å². The van der Waals surface area contributed by atoms with E-state index in [1.807, 2.05) is 6.08 Å². The molecular formula is C25H36O5. The van der Waals surface area contributed by atoms with Crippen LogP contribution in [0.1, 0.15) is 80.1 Å². The zero-order valence-electron chi connectivity index (χ0n) is 19.2. The number of carbonyl (C=O) groups excluding carboxylic acids is 3. The lowest BCUT2D eigenvalue weighted by atomic mass is 9.38. The molecule has 30 heavy (non-hydrogen) atoms. The third-order valence-corrected chi connectivity index (χ3v) is 9.19. The minimum Gasteiger partial charge on any atom is -0.462 e. The molecule has 4 aliphatic rings. The van der Waals surface area contributed by atoms with Gasteiger partial charge >= 0.3 is 11.9 Å². The number of ether oxygens (including phenoxy) is 2. The van der Waals surface area contributed by atoms with Gasteiger partial charge in [0, 0.05) is 31.6 Å². The van der Waals surface area contributed by atoms with Gasteiger partial charge in [-0.3, -0.25) is 14.4 Å². The second-order valence-electron chi connectivity index (χ2n) is 11.3. The Hall–Kier alpha value is -1.65.